The molecule has 0 radical (unpaired) electrons. The van der Waals surface area contributed by atoms with E-state index in [4.69, 9.17) is 4.74 Å². The van der Waals surface area contributed by atoms with Crippen LogP contribution in [0.1, 0.15) is 46.6 Å². The Kier molecular flexibility index (Phi) is 4.84. The average Bonchev–Trinajstić information content (AvgIpc) is 3.42. The number of benzene rings is 1. The highest BCUT2D eigenvalue weighted by molar-refractivity contribution is 6.00. The second-order valence-electron chi connectivity index (χ2n) is 8.64. The summed E-state index contributed by atoms with van der Waals surface area (Å²) in [5.74, 6) is 1.08. The summed E-state index contributed by atoms with van der Waals surface area (Å²) in [6.07, 6.45) is 3.62. The van der Waals surface area contributed by atoms with Gasteiger partial charge in [0, 0.05) is 53.3 Å². The molecule has 0 amide bonds. The number of aromatic amines is 1. The van der Waals surface area contributed by atoms with E-state index in [9.17, 15) is 9.90 Å². The molecule has 5 rings (SSSR count). The fraction of sp³-hybridized carbons (Fsp3) is 0.522. The third-order valence-corrected chi connectivity index (χ3v) is 6.70. The smallest absolute Gasteiger partial charge is 0.169 e. The molecule has 2 aliphatic carbocycles. The Morgan fingerprint density at radius 1 is 1.24 bits per heavy atom. The number of ether oxygens (including phenoxy) is 1. The second-order valence-corrected chi connectivity index (χ2v) is 8.64. The van der Waals surface area contributed by atoms with Crippen molar-refractivity contribution in [1.82, 2.24) is 10.3 Å². The molecular weight excluding hydrogens is 366 g/mol. The quantitative estimate of drug-likeness (QED) is 0.625. The summed E-state index contributed by atoms with van der Waals surface area (Å²) in [7, 11) is 0. The van der Waals surface area contributed by atoms with Crippen molar-refractivity contribution >= 4 is 11.5 Å². The maximum atomic E-state index is 12.8. The third-order valence-electron chi connectivity index (χ3n) is 6.70. The van der Waals surface area contributed by atoms with Crippen molar-refractivity contribution in [3.05, 3.63) is 46.8 Å². The van der Waals surface area contributed by atoms with Gasteiger partial charge < -0.3 is 25.5 Å². The number of fused-ring (bicyclic) bond motifs is 2. The van der Waals surface area contributed by atoms with Crippen LogP contribution in [0.15, 0.2) is 24.3 Å². The van der Waals surface area contributed by atoms with Crippen molar-refractivity contribution in [2.45, 2.75) is 57.3 Å². The van der Waals surface area contributed by atoms with Crippen LogP contribution in [0.2, 0.25) is 0 Å². The van der Waals surface area contributed by atoms with E-state index in [0.717, 1.165) is 67.0 Å². The number of anilines is 1. The zero-order valence-corrected chi connectivity index (χ0v) is 16.8. The molecule has 2 aromatic rings. The first kappa shape index (κ1) is 18.7. The molecule has 1 aliphatic heterocycles. The van der Waals surface area contributed by atoms with E-state index in [0.29, 0.717) is 6.54 Å². The van der Waals surface area contributed by atoms with Gasteiger partial charge in [0.2, 0.25) is 0 Å². The van der Waals surface area contributed by atoms with Crippen LogP contribution in [0.25, 0.3) is 0 Å². The lowest BCUT2D eigenvalue weighted by molar-refractivity contribution is 0.0437. The van der Waals surface area contributed by atoms with Crippen molar-refractivity contribution in [2.75, 3.05) is 18.4 Å². The summed E-state index contributed by atoms with van der Waals surface area (Å²) in [5, 5.41) is 17.7. The van der Waals surface area contributed by atoms with Crippen LogP contribution < -0.4 is 15.4 Å². The number of aliphatic hydroxyl groups is 1. The number of carbonyl (C=O) groups is 1. The van der Waals surface area contributed by atoms with Gasteiger partial charge in [-0.15, -0.1) is 0 Å². The van der Waals surface area contributed by atoms with Crippen LogP contribution >= 0.6 is 0 Å². The first-order valence-corrected chi connectivity index (χ1v) is 10.8. The number of aryl methyl sites for hydroxylation is 2. The molecule has 1 aromatic carbocycles. The molecule has 1 saturated carbocycles. The highest BCUT2D eigenvalue weighted by Gasteiger charge is 2.38. The largest absolute Gasteiger partial charge is 0.487 e. The summed E-state index contributed by atoms with van der Waals surface area (Å²) >= 11 is 0. The predicted octanol–water partition coefficient (Wildman–Crippen LogP) is 2.60. The van der Waals surface area contributed by atoms with Gasteiger partial charge in [-0.1, -0.05) is 6.07 Å². The summed E-state index contributed by atoms with van der Waals surface area (Å²) in [4.78, 5) is 16.1. The Hall–Kier alpha value is -2.31. The number of carbonyl (C=O) groups excluding carboxylic acids is 1. The van der Waals surface area contributed by atoms with Gasteiger partial charge in [-0.25, -0.2) is 0 Å². The summed E-state index contributed by atoms with van der Waals surface area (Å²) in [6, 6.07) is 8.00. The van der Waals surface area contributed by atoms with Gasteiger partial charge in [0.1, 0.15) is 18.0 Å². The molecule has 29 heavy (non-hydrogen) atoms. The SMILES string of the molecule is Cc1cc2c([nH]1)CCC(CNC1CCC(Oc3cccc4c3CCN4)C1O)C2=O. The molecule has 3 aliphatic rings. The minimum atomic E-state index is -0.566. The second kappa shape index (κ2) is 7.50. The standard InChI is InChI=1S/C23H29N3O3/c1-13-11-16-18(26-13)6-5-14(22(16)27)12-25-19-7-8-21(23(19)28)29-20-4-2-3-17-15(20)9-10-24-17/h2-4,11,14,19,21,23-26,28H,5-10,12H2,1H3. The number of rotatable bonds is 5. The van der Waals surface area contributed by atoms with Gasteiger partial charge in [0.15, 0.2) is 5.78 Å². The van der Waals surface area contributed by atoms with E-state index >= 15 is 0 Å². The summed E-state index contributed by atoms with van der Waals surface area (Å²) < 4.78 is 6.22. The van der Waals surface area contributed by atoms with Crippen LogP contribution in [0.3, 0.4) is 0 Å². The van der Waals surface area contributed by atoms with Crippen LogP contribution in [0.4, 0.5) is 5.69 Å². The molecule has 154 valence electrons. The first-order chi connectivity index (χ1) is 14.1. The Bertz CT molecular complexity index is 922. The molecule has 6 nitrogen and oxygen atoms in total. The fourth-order valence-corrected chi connectivity index (χ4v) is 5.10. The van der Waals surface area contributed by atoms with Crippen LogP contribution in [0.5, 0.6) is 5.75 Å². The van der Waals surface area contributed by atoms with Crippen molar-refractivity contribution in [1.29, 1.82) is 0 Å². The molecule has 4 N–H and O–H groups in total. The maximum Gasteiger partial charge on any atom is 0.169 e. The molecule has 1 fully saturated rings. The summed E-state index contributed by atoms with van der Waals surface area (Å²) in [6.45, 7) is 3.54. The van der Waals surface area contributed by atoms with E-state index in [1.54, 1.807) is 0 Å². The topological polar surface area (TPSA) is 86.4 Å². The Labute approximate surface area is 171 Å². The number of hydrogen-bond acceptors (Lipinski definition) is 5. The van der Waals surface area contributed by atoms with E-state index in [1.165, 1.54) is 5.56 Å². The number of H-pyrrole nitrogens is 1. The van der Waals surface area contributed by atoms with Gasteiger partial charge in [-0.2, -0.15) is 0 Å². The zero-order chi connectivity index (χ0) is 20.0. The van der Waals surface area contributed by atoms with Crippen LogP contribution in [-0.4, -0.2) is 47.2 Å². The minimum Gasteiger partial charge on any atom is -0.487 e. The number of aliphatic hydroxyl groups excluding tert-OH is 1. The van der Waals surface area contributed by atoms with Gasteiger partial charge in [-0.05, 0) is 57.2 Å². The lowest BCUT2D eigenvalue weighted by Crippen LogP contribution is -2.44. The molecule has 4 unspecified atom stereocenters. The number of hydrogen-bond donors (Lipinski definition) is 4. The van der Waals surface area contributed by atoms with Crippen LogP contribution in [0, 0.1) is 12.8 Å². The van der Waals surface area contributed by atoms with Gasteiger partial charge >= 0.3 is 0 Å². The fourth-order valence-electron chi connectivity index (χ4n) is 5.10. The van der Waals surface area contributed by atoms with Gasteiger partial charge in [0.05, 0.1) is 0 Å². The highest BCUT2D eigenvalue weighted by Crippen LogP contribution is 2.34. The van der Waals surface area contributed by atoms with E-state index < -0.39 is 6.10 Å². The molecule has 4 atom stereocenters. The molecule has 0 bridgehead atoms. The van der Waals surface area contributed by atoms with Crippen molar-refractivity contribution in [3.63, 3.8) is 0 Å². The Balaban J connectivity index is 1.19. The molecule has 0 saturated heterocycles. The Morgan fingerprint density at radius 3 is 3.03 bits per heavy atom. The lowest BCUT2D eigenvalue weighted by atomic mass is 9.86. The number of aromatic nitrogens is 1. The van der Waals surface area contributed by atoms with Crippen LogP contribution in [-0.2, 0) is 12.8 Å². The first-order valence-electron chi connectivity index (χ1n) is 10.8. The number of Topliss-reactive ketones (excluding diaryl/α,β-unsaturated/α-hetero) is 1. The Morgan fingerprint density at radius 2 is 2.14 bits per heavy atom. The molecule has 2 heterocycles. The van der Waals surface area contributed by atoms with E-state index in [2.05, 4.69) is 21.7 Å². The highest BCUT2D eigenvalue weighted by atomic mass is 16.5. The van der Waals surface area contributed by atoms with Crippen molar-refractivity contribution in [3.8, 4) is 5.75 Å². The van der Waals surface area contributed by atoms with Crippen molar-refractivity contribution < 1.29 is 14.6 Å². The monoisotopic (exact) mass is 395 g/mol. The number of nitrogens with one attached hydrogen (secondary N) is 3. The average molecular weight is 396 g/mol. The molecular formula is C23H29N3O3. The third kappa shape index (κ3) is 3.45. The zero-order valence-electron chi connectivity index (χ0n) is 16.8. The molecule has 0 spiro atoms. The van der Waals surface area contributed by atoms with Gasteiger partial charge in [0.25, 0.3) is 0 Å². The molecule has 1 aromatic heterocycles. The number of ketones is 1. The summed E-state index contributed by atoms with van der Waals surface area (Å²) in [5.41, 5.74) is 5.32. The molecule has 6 heteroatoms. The van der Waals surface area contributed by atoms with E-state index in [1.807, 2.05) is 25.1 Å². The lowest BCUT2D eigenvalue weighted by Gasteiger charge is -2.26. The minimum absolute atomic E-state index is 0.0201. The van der Waals surface area contributed by atoms with Crippen molar-refractivity contribution in [2.24, 2.45) is 5.92 Å². The van der Waals surface area contributed by atoms with E-state index in [-0.39, 0.29) is 23.8 Å². The van der Waals surface area contributed by atoms with Gasteiger partial charge in [-0.3, -0.25) is 4.79 Å². The predicted molar refractivity (Wildman–Crippen MR) is 112 cm³/mol. The normalized spacial score (nSPS) is 28.1. The maximum absolute atomic E-state index is 12.8.